The normalized spacial score (nSPS) is 14.6. The Kier molecular flexibility index (Phi) is 2.70. The van der Waals surface area contributed by atoms with Crippen LogP contribution in [0.1, 0.15) is 34.1 Å². The van der Waals surface area contributed by atoms with Crippen LogP contribution in [0.5, 0.6) is 0 Å². The fourth-order valence-electron chi connectivity index (χ4n) is 0.443. The summed E-state index contributed by atoms with van der Waals surface area (Å²) in [5.74, 6) is 0.502. The smallest absolute Gasteiger partial charge is 0.0624 e. The zero-order valence-corrected chi connectivity index (χ0v) is 6.73. The first-order chi connectivity index (χ1) is 3.98. The molecule has 0 radical (unpaired) electrons. The van der Waals surface area contributed by atoms with Gasteiger partial charge in [-0.15, -0.1) is 0 Å². The fourth-order valence-corrected chi connectivity index (χ4v) is 0.443. The van der Waals surface area contributed by atoms with E-state index in [-0.39, 0.29) is 5.41 Å². The third-order valence-corrected chi connectivity index (χ3v) is 1.88. The van der Waals surface area contributed by atoms with Gasteiger partial charge in [-0.25, -0.2) is 0 Å². The van der Waals surface area contributed by atoms with Gasteiger partial charge in [-0.2, -0.15) is 5.26 Å². The summed E-state index contributed by atoms with van der Waals surface area (Å²) in [7, 11) is 0. The Hall–Kier alpha value is -0.510. The highest BCUT2D eigenvalue weighted by Gasteiger charge is 2.18. The molecule has 0 saturated heterocycles. The minimum absolute atomic E-state index is 0.287. The maximum atomic E-state index is 8.35. The highest BCUT2D eigenvalue weighted by atomic mass is 14.3. The molecule has 0 aromatic heterocycles. The van der Waals surface area contributed by atoms with E-state index >= 15 is 0 Å². The lowest BCUT2D eigenvalue weighted by Crippen LogP contribution is -2.16. The molecule has 0 N–H and O–H groups in total. The lowest BCUT2D eigenvalue weighted by molar-refractivity contribution is 0.266. The second-order valence-corrected chi connectivity index (χ2v) is 3.63. The molecule has 52 valence electrons. The molecule has 0 spiro atoms. The van der Waals surface area contributed by atoms with Crippen LogP contribution in [0, 0.1) is 22.7 Å². The van der Waals surface area contributed by atoms with Crippen molar-refractivity contribution in [2.45, 2.75) is 34.1 Å². The van der Waals surface area contributed by atoms with Gasteiger partial charge in [0.05, 0.1) is 6.07 Å². The van der Waals surface area contributed by atoms with Crippen LogP contribution in [0.25, 0.3) is 0 Å². The highest BCUT2D eigenvalue weighted by molar-refractivity contribution is 4.80. The summed E-state index contributed by atoms with van der Waals surface area (Å²) >= 11 is 0. The first kappa shape index (κ1) is 8.49. The largest absolute Gasteiger partial charge is 0.198 e. The summed E-state index contributed by atoms with van der Waals surface area (Å²) in [6.45, 7) is 8.60. The van der Waals surface area contributed by atoms with E-state index in [9.17, 15) is 0 Å². The summed E-state index contributed by atoms with van der Waals surface area (Å²) in [4.78, 5) is 0. The molecular weight excluding hydrogens is 110 g/mol. The van der Waals surface area contributed by atoms with Crippen LogP contribution in [0.2, 0.25) is 0 Å². The zero-order valence-electron chi connectivity index (χ0n) is 6.73. The SMILES string of the molecule is C[C@H](CC#N)C(C)(C)C. The average molecular weight is 125 g/mol. The fraction of sp³-hybridized carbons (Fsp3) is 0.875. The number of hydrogen-bond acceptors (Lipinski definition) is 1. The molecular formula is C8H15N. The van der Waals surface area contributed by atoms with Gasteiger partial charge in [-0.05, 0) is 11.3 Å². The average Bonchev–Trinajstić information content (AvgIpc) is 1.64. The van der Waals surface area contributed by atoms with E-state index in [1.54, 1.807) is 0 Å². The third-order valence-electron chi connectivity index (χ3n) is 1.88. The van der Waals surface area contributed by atoms with Crippen LogP contribution in [-0.2, 0) is 0 Å². The standard InChI is InChI=1S/C8H15N/c1-7(5-6-9)8(2,3)4/h7H,5H2,1-4H3/t7-/m1/s1. The third kappa shape index (κ3) is 3.13. The van der Waals surface area contributed by atoms with Crippen molar-refractivity contribution in [1.29, 1.82) is 5.26 Å². The van der Waals surface area contributed by atoms with Gasteiger partial charge in [-0.1, -0.05) is 27.7 Å². The molecule has 0 saturated carbocycles. The maximum Gasteiger partial charge on any atom is 0.0624 e. The van der Waals surface area contributed by atoms with E-state index in [0.29, 0.717) is 12.3 Å². The monoisotopic (exact) mass is 125 g/mol. The Morgan fingerprint density at radius 2 is 1.89 bits per heavy atom. The maximum absolute atomic E-state index is 8.35. The Labute approximate surface area is 57.7 Å². The predicted molar refractivity (Wildman–Crippen MR) is 38.8 cm³/mol. The second kappa shape index (κ2) is 2.87. The molecule has 0 aliphatic rings. The predicted octanol–water partition coefficient (Wildman–Crippen LogP) is 2.58. The molecule has 1 nitrogen and oxygen atoms in total. The van der Waals surface area contributed by atoms with Crippen LogP contribution in [0.15, 0.2) is 0 Å². The van der Waals surface area contributed by atoms with E-state index in [1.165, 1.54) is 0 Å². The first-order valence-electron chi connectivity index (χ1n) is 3.35. The Balaban J connectivity index is 3.76. The van der Waals surface area contributed by atoms with Gasteiger partial charge in [0.1, 0.15) is 0 Å². The Morgan fingerprint density at radius 1 is 1.44 bits per heavy atom. The van der Waals surface area contributed by atoms with Crippen molar-refractivity contribution in [3.05, 3.63) is 0 Å². The topological polar surface area (TPSA) is 23.8 Å². The molecule has 1 heteroatoms. The molecule has 0 aromatic carbocycles. The van der Waals surface area contributed by atoms with Crippen molar-refractivity contribution >= 4 is 0 Å². The summed E-state index contributed by atoms with van der Waals surface area (Å²) in [6.07, 6.45) is 0.670. The van der Waals surface area contributed by atoms with Gasteiger partial charge >= 0.3 is 0 Å². The van der Waals surface area contributed by atoms with Crippen LogP contribution in [0.4, 0.5) is 0 Å². The van der Waals surface area contributed by atoms with E-state index in [0.717, 1.165) is 0 Å². The molecule has 0 bridgehead atoms. The summed E-state index contributed by atoms with van der Waals surface area (Å²) in [5.41, 5.74) is 0.287. The van der Waals surface area contributed by atoms with Gasteiger partial charge in [0.25, 0.3) is 0 Å². The summed E-state index contributed by atoms with van der Waals surface area (Å²) < 4.78 is 0. The number of nitrogens with zero attached hydrogens (tertiary/aromatic N) is 1. The molecule has 0 amide bonds. The molecule has 1 atom stereocenters. The van der Waals surface area contributed by atoms with Crippen molar-refractivity contribution in [1.82, 2.24) is 0 Å². The van der Waals surface area contributed by atoms with E-state index < -0.39 is 0 Å². The van der Waals surface area contributed by atoms with Gasteiger partial charge in [0.2, 0.25) is 0 Å². The molecule has 0 aliphatic heterocycles. The lowest BCUT2D eigenvalue weighted by Gasteiger charge is -2.24. The van der Waals surface area contributed by atoms with Crippen LogP contribution < -0.4 is 0 Å². The number of nitriles is 1. The summed E-state index contributed by atoms with van der Waals surface area (Å²) in [6, 6.07) is 2.17. The van der Waals surface area contributed by atoms with Crippen LogP contribution >= 0.6 is 0 Å². The molecule has 0 fully saturated rings. The van der Waals surface area contributed by atoms with Crippen LogP contribution in [0.3, 0.4) is 0 Å². The zero-order chi connectivity index (χ0) is 7.49. The van der Waals surface area contributed by atoms with Gasteiger partial charge in [-0.3, -0.25) is 0 Å². The lowest BCUT2D eigenvalue weighted by atomic mass is 9.80. The first-order valence-corrected chi connectivity index (χ1v) is 3.35. The van der Waals surface area contributed by atoms with Crippen molar-refractivity contribution in [2.75, 3.05) is 0 Å². The Bertz CT molecular complexity index is 114. The van der Waals surface area contributed by atoms with Crippen molar-refractivity contribution in [2.24, 2.45) is 11.3 Å². The van der Waals surface area contributed by atoms with Gasteiger partial charge < -0.3 is 0 Å². The highest BCUT2D eigenvalue weighted by Crippen LogP contribution is 2.27. The van der Waals surface area contributed by atoms with Crippen molar-refractivity contribution < 1.29 is 0 Å². The minimum Gasteiger partial charge on any atom is -0.198 e. The van der Waals surface area contributed by atoms with E-state index in [2.05, 4.69) is 33.8 Å². The second-order valence-electron chi connectivity index (χ2n) is 3.63. The van der Waals surface area contributed by atoms with Crippen molar-refractivity contribution in [3.8, 4) is 6.07 Å². The minimum atomic E-state index is 0.287. The van der Waals surface area contributed by atoms with Crippen LogP contribution in [-0.4, -0.2) is 0 Å². The molecule has 0 unspecified atom stereocenters. The number of rotatable bonds is 1. The Morgan fingerprint density at radius 3 is 2.00 bits per heavy atom. The quantitative estimate of drug-likeness (QED) is 0.528. The van der Waals surface area contributed by atoms with Gasteiger partial charge in [0, 0.05) is 6.42 Å². The molecule has 0 rings (SSSR count). The summed E-state index contributed by atoms with van der Waals surface area (Å²) in [5, 5.41) is 8.35. The molecule has 0 heterocycles. The number of hydrogen-bond donors (Lipinski definition) is 0. The van der Waals surface area contributed by atoms with Gasteiger partial charge in [0.15, 0.2) is 0 Å². The van der Waals surface area contributed by atoms with E-state index in [4.69, 9.17) is 5.26 Å². The molecule has 0 aromatic rings. The molecule has 9 heavy (non-hydrogen) atoms. The van der Waals surface area contributed by atoms with E-state index in [1.807, 2.05) is 0 Å². The molecule has 0 aliphatic carbocycles. The van der Waals surface area contributed by atoms with Crippen molar-refractivity contribution in [3.63, 3.8) is 0 Å².